The number of fused-ring (bicyclic) bond motifs is 1. The third-order valence-corrected chi connectivity index (χ3v) is 5.41. The molecular weight excluding hydrogens is 360 g/mol. The van der Waals surface area contributed by atoms with Gasteiger partial charge in [-0.2, -0.15) is 0 Å². The number of carbonyl (C=O) groups is 1. The Morgan fingerprint density at radius 1 is 1.19 bits per heavy atom. The van der Waals surface area contributed by atoms with Gasteiger partial charge in [-0.3, -0.25) is 14.2 Å². The lowest BCUT2D eigenvalue weighted by atomic mass is 10.0. The number of thiazole rings is 1. The predicted molar refractivity (Wildman–Crippen MR) is 111 cm³/mol. The molecule has 1 atom stereocenters. The predicted octanol–water partition coefficient (Wildman–Crippen LogP) is 4.61. The molecule has 0 bridgehead atoms. The van der Waals surface area contributed by atoms with Crippen LogP contribution in [0.2, 0.25) is 0 Å². The van der Waals surface area contributed by atoms with Crippen molar-refractivity contribution in [2.24, 2.45) is 0 Å². The van der Waals surface area contributed by atoms with Crippen LogP contribution in [-0.2, 0) is 11.3 Å². The summed E-state index contributed by atoms with van der Waals surface area (Å²) in [6.45, 7) is 8.49. The minimum Gasteiger partial charge on any atom is -0.481 e. The van der Waals surface area contributed by atoms with Crippen LogP contribution >= 0.6 is 11.3 Å². The molecule has 1 heterocycles. The van der Waals surface area contributed by atoms with E-state index in [2.05, 4.69) is 19.2 Å². The van der Waals surface area contributed by atoms with Crippen molar-refractivity contribution in [3.8, 4) is 5.75 Å². The summed E-state index contributed by atoms with van der Waals surface area (Å²) >= 11 is 1.19. The molecule has 27 heavy (non-hydrogen) atoms. The number of benzene rings is 2. The first-order valence-electron chi connectivity index (χ1n) is 9.10. The molecule has 5 nitrogen and oxygen atoms in total. The number of aromatic nitrogens is 1. The van der Waals surface area contributed by atoms with Crippen molar-refractivity contribution in [2.45, 2.75) is 46.3 Å². The van der Waals surface area contributed by atoms with Gasteiger partial charge in [0.2, 0.25) is 0 Å². The van der Waals surface area contributed by atoms with Crippen LogP contribution in [0.15, 0.2) is 47.3 Å². The lowest BCUT2D eigenvalue weighted by molar-refractivity contribution is -0.122. The highest BCUT2D eigenvalue weighted by Gasteiger charge is 2.18. The number of para-hydroxylation sites is 1. The second-order valence-corrected chi connectivity index (χ2v) is 7.73. The number of carbonyl (C=O) groups excluding carboxylic acids is 1. The number of rotatable bonds is 6. The van der Waals surface area contributed by atoms with Crippen LogP contribution in [0.1, 0.15) is 39.2 Å². The van der Waals surface area contributed by atoms with Crippen LogP contribution in [0, 0.1) is 0 Å². The Labute approximate surface area is 162 Å². The Morgan fingerprint density at radius 2 is 1.93 bits per heavy atom. The first kappa shape index (κ1) is 19.2. The van der Waals surface area contributed by atoms with Gasteiger partial charge in [-0.05, 0) is 49.6 Å². The van der Waals surface area contributed by atoms with Gasteiger partial charge in [-0.1, -0.05) is 43.4 Å². The monoisotopic (exact) mass is 384 g/mol. The Hall–Kier alpha value is -2.60. The maximum absolute atomic E-state index is 12.6. The van der Waals surface area contributed by atoms with Crippen LogP contribution in [0.3, 0.4) is 0 Å². The van der Waals surface area contributed by atoms with Gasteiger partial charge in [-0.15, -0.1) is 0 Å². The largest absolute Gasteiger partial charge is 0.481 e. The number of hydrogen-bond acceptors (Lipinski definition) is 4. The minimum atomic E-state index is -0.639. The fraction of sp³-hybridized carbons (Fsp3) is 0.333. The summed E-state index contributed by atoms with van der Waals surface area (Å²) in [6.07, 6.45) is -0.639. The fourth-order valence-corrected chi connectivity index (χ4v) is 3.99. The van der Waals surface area contributed by atoms with Crippen molar-refractivity contribution in [1.82, 2.24) is 4.57 Å². The summed E-state index contributed by atoms with van der Waals surface area (Å²) in [5.74, 6) is 0.809. The molecule has 0 aliphatic rings. The zero-order valence-corrected chi connectivity index (χ0v) is 16.8. The first-order chi connectivity index (χ1) is 12.9. The first-order valence-corrected chi connectivity index (χ1v) is 9.92. The van der Waals surface area contributed by atoms with Crippen LogP contribution in [0.5, 0.6) is 5.75 Å². The lowest BCUT2D eigenvalue weighted by Gasteiger charge is -2.18. The van der Waals surface area contributed by atoms with E-state index in [0.717, 1.165) is 21.5 Å². The van der Waals surface area contributed by atoms with Gasteiger partial charge in [-0.25, -0.2) is 0 Å². The van der Waals surface area contributed by atoms with E-state index in [0.29, 0.717) is 18.2 Å². The van der Waals surface area contributed by atoms with Gasteiger partial charge < -0.3 is 10.1 Å². The van der Waals surface area contributed by atoms with E-state index in [-0.39, 0.29) is 10.8 Å². The number of nitrogens with zero attached hydrogens (tertiary/aromatic N) is 1. The highest BCUT2D eigenvalue weighted by atomic mass is 32.1. The van der Waals surface area contributed by atoms with E-state index in [1.807, 2.05) is 49.4 Å². The van der Waals surface area contributed by atoms with Crippen molar-refractivity contribution in [3.05, 3.63) is 57.7 Å². The molecule has 1 N–H and O–H groups in total. The highest BCUT2D eigenvalue weighted by molar-refractivity contribution is 7.16. The van der Waals surface area contributed by atoms with Crippen LogP contribution in [0.25, 0.3) is 10.2 Å². The van der Waals surface area contributed by atoms with Crippen molar-refractivity contribution in [1.29, 1.82) is 0 Å². The van der Waals surface area contributed by atoms with Crippen molar-refractivity contribution < 1.29 is 9.53 Å². The van der Waals surface area contributed by atoms with Crippen molar-refractivity contribution in [3.63, 3.8) is 0 Å². The van der Waals surface area contributed by atoms with Gasteiger partial charge >= 0.3 is 4.87 Å². The summed E-state index contributed by atoms with van der Waals surface area (Å²) < 4.78 is 8.49. The normalized spacial score (nSPS) is 12.3. The Morgan fingerprint density at radius 3 is 2.63 bits per heavy atom. The second kappa shape index (κ2) is 7.96. The fourth-order valence-electron chi connectivity index (χ4n) is 3.00. The average Bonchev–Trinajstić information content (AvgIpc) is 2.96. The Bertz CT molecular complexity index is 1020. The Kier molecular flexibility index (Phi) is 5.65. The summed E-state index contributed by atoms with van der Waals surface area (Å²) in [6, 6.07) is 13.3. The van der Waals surface area contributed by atoms with Gasteiger partial charge in [0.1, 0.15) is 5.75 Å². The van der Waals surface area contributed by atoms with Crippen molar-refractivity contribution in [2.75, 3.05) is 5.32 Å². The number of anilines is 1. The summed E-state index contributed by atoms with van der Waals surface area (Å²) in [5, 5.41) is 2.88. The highest BCUT2D eigenvalue weighted by Crippen LogP contribution is 2.27. The topological polar surface area (TPSA) is 60.3 Å². The van der Waals surface area contributed by atoms with E-state index < -0.39 is 6.10 Å². The summed E-state index contributed by atoms with van der Waals surface area (Å²) in [4.78, 5) is 24.6. The molecule has 6 heteroatoms. The van der Waals surface area contributed by atoms with Gasteiger partial charge in [0.05, 0.1) is 10.2 Å². The van der Waals surface area contributed by atoms with Gasteiger partial charge in [0.25, 0.3) is 5.91 Å². The molecule has 1 aromatic heterocycles. The molecule has 0 fully saturated rings. The molecule has 0 saturated carbocycles. The van der Waals surface area contributed by atoms with Gasteiger partial charge in [0.15, 0.2) is 6.10 Å². The maximum atomic E-state index is 12.6. The van der Waals surface area contributed by atoms with Gasteiger partial charge in [0, 0.05) is 12.2 Å². The smallest absolute Gasteiger partial charge is 0.308 e. The summed E-state index contributed by atoms with van der Waals surface area (Å²) in [7, 11) is 0. The number of hydrogen-bond donors (Lipinski definition) is 1. The molecule has 0 spiro atoms. The summed E-state index contributed by atoms with van der Waals surface area (Å²) in [5.41, 5.74) is 2.62. The van der Waals surface area contributed by atoms with Crippen LogP contribution in [0.4, 0.5) is 5.69 Å². The number of ether oxygens (including phenoxy) is 1. The number of nitrogens with one attached hydrogen (secondary N) is 1. The molecule has 3 aromatic rings. The molecule has 1 unspecified atom stereocenters. The average molecular weight is 385 g/mol. The maximum Gasteiger partial charge on any atom is 0.308 e. The quantitative estimate of drug-likeness (QED) is 0.675. The number of aryl methyl sites for hydroxylation is 1. The molecule has 2 aromatic carbocycles. The van der Waals surface area contributed by atoms with E-state index in [1.54, 1.807) is 11.5 Å². The zero-order valence-electron chi connectivity index (χ0n) is 16.0. The zero-order chi connectivity index (χ0) is 19.6. The molecule has 1 amide bonds. The molecule has 0 aliphatic heterocycles. The second-order valence-electron chi connectivity index (χ2n) is 6.74. The van der Waals surface area contributed by atoms with E-state index >= 15 is 0 Å². The SMILES string of the molecule is CCn1c(=O)sc2cc(NC(=O)C(C)Oc3ccccc3C(C)C)ccc21. The minimum absolute atomic E-state index is 0.0120. The van der Waals surface area contributed by atoms with E-state index in [9.17, 15) is 9.59 Å². The van der Waals surface area contributed by atoms with Crippen LogP contribution < -0.4 is 14.9 Å². The molecule has 0 radical (unpaired) electrons. The van der Waals surface area contributed by atoms with Crippen LogP contribution in [-0.4, -0.2) is 16.6 Å². The molecule has 0 saturated heterocycles. The standard InChI is InChI=1S/C21H24N2O3S/c1-5-23-17-11-10-15(12-19(17)27-21(23)25)22-20(24)14(4)26-18-9-7-6-8-16(18)13(2)3/h6-14H,5H2,1-4H3,(H,22,24). The Balaban J connectivity index is 1.75. The lowest BCUT2D eigenvalue weighted by Crippen LogP contribution is -2.30. The third-order valence-electron chi connectivity index (χ3n) is 4.47. The molecule has 142 valence electrons. The molecule has 0 aliphatic carbocycles. The molecular formula is C21H24N2O3S. The van der Waals surface area contributed by atoms with E-state index in [1.165, 1.54) is 11.3 Å². The van der Waals surface area contributed by atoms with Crippen molar-refractivity contribution >= 4 is 33.1 Å². The molecule has 3 rings (SSSR count). The van der Waals surface area contributed by atoms with E-state index in [4.69, 9.17) is 4.74 Å². The third kappa shape index (κ3) is 4.06. The number of amides is 1.